The molecule has 0 aromatic heterocycles. The summed E-state index contributed by atoms with van der Waals surface area (Å²) in [6.07, 6.45) is 1.89. The number of aliphatic hydroxyl groups excluding tert-OH is 1. The third-order valence-electron chi connectivity index (χ3n) is 2.63. The van der Waals surface area contributed by atoms with Crippen molar-refractivity contribution in [3.05, 3.63) is 35.9 Å². The maximum absolute atomic E-state index is 8.74. The van der Waals surface area contributed by atoms with E-state index < -0.39 is 0 Å². The molecule has 2 atom stereocenters. The van der Waals surface area contributed by atoms with E-state index in [1.807, 2.05) is 6.07 Å². The lowest BCUT2D eigenvalue weighted by Crippen LogP contribution is -2.29. The molecule has 0 radical (unpaired) electrons. The predicted octanol–water partition coefficient (Wildman–Crippen LogP) is 2.50. The fourth-order valence-electron chi connectivity index (χ4n) is 1.75. The van der Waals surface area contributed by atoms with Gasteiger partial charge in [-0.3, -0.25) is 0 Å². The third-order valence-corrected chi connectivity index (χ3v) is 2.63. The summed E-state index contributed by atoms with van der Waals surface area (Å²) < 4.78 is 0. The van der Waals surface area contributed by atoms with E-state index >= 15 is 0 Å². The molecule has 84 valence electrons. The van der Waals surface area contributed by atoms with Crippen molar-refractivity contribution >= 4 is 0 Å². The maximum Gasteiger partial charge on any atom is 0.0431 e. The Morgan fingerprint density at radius 1 is 1.20 bits per heavy atom. The number of hydrogen-bond acceptors (Lipinski definition) is 2. The molecule has 15 heavy (non-hydrogen) atoms. The van der Waals surface area contributed by atoms with E-state index in [4.69, 9.17) is 5.11 Å². The predicted molar refractivity (Wildman–Crippen MR) is 63.8 cm³/mol. The van der Waals surface area contributed by atoms with Crippen molar-refractivity contribution in [3.63, 3.8) is 0 Å². The zero-order valence-corrected chi connectivity index (χ0v) is 9.61. The zero-order chi connectivity index (χ0) is 11.1. The summed E-state index contributed by atoms with van der Waals surface area (Å²) in [5.74, 6) is 0. The minimum Gasteiger partial charge on any atom is -0.396 e. The first-order valence-electron chi connectivity index (χ1n) is 5.66. The molecule has 0 aliphatic carbocycles. The number of rotatable bonds is 6. The van der Waals surface area contributed by atoms with E-state index in [2.05, 4.69) is 43.4 Å². The normalized spacial score (nSPS) is 14.9. The van der Waals surface area contributed by atoms with Crippen LogP contribution in [-0.4, -0.2) is 17.8 Å². The minimum absolute atomic E-state index is 0.283. The van der Waals surface area contributed by atoms with E-state index in [0.717, 1.165) is 12.8 Å². The summed E-state index contributed by atoms with van der Waals surface area (Å²) in [4.78, 5) is 0. The van der Waals surface area contributed by atoms with Gasteiger partial charge in [-0.05, 0) is 32.3 Å². The monoisotopic (exact) mass is 207 g/mol. The first-order valence-corrected chi connectivity index (χ1v) is 5.66. The highest BCUT2D eigenvalue weighted by Crippen LogP contribution is 2.12. The van der Waals surface area contributed by atoms with Crippen molar-refractivity contribution in [1.29, 1.82) is 0 Å². The molecule has 0 aliphatic heterocycles. The molecule has 2 heteroatoms. The Hall–Kier alpha value is -0.860. The zero-order valence-electron chi connectivity index (χ0n) is 9.61. The van der Waals surface area contributed by atoms with E-state index in [-0.39, 0.29) is 6.61 Å². The molecular formula is C13H21NO. The molecule has 1 rings (SSSR count). The van der Waals surface area contributed by atoms with Gasteiger partial charge in [-0.25, -0.2) is 0 Å². The molecule has 0 bridgehead atoms. The smallest absolute Gasteiger partial charge is 0.0431 e. The highest BCUT2D eigenvalue weighted by molar-refractivity contribution is 5.18. The Kier molecular flexibility index (Phi) is 5.37. The summed E-state index contributed by atoms with van der Waals surface area (Å²) in [7, 11) is 0. The van der Waals surface area contributed by atoms with Crippen molar-refractivity contribution in [1.82, 2.24) is 5.32 Å². The topological polar surface area (TPSA) is 32.3 Å². The Bertz CT molecular complexity index is 260. The standard InChI is InChI=1S/C13H21NO/c1-11(7-6-10-15)14-12(2)13-8-4-3-5-9-13/h3-5,8-9,11-12,14-15H,6-7,10H2,1-2H3/t11?,12-/m0/s1. The van der Waals surface area contributed by atoms with Crippen LogP contribution in [0.2, 0.25) is 0 Å². The van der Waals surface area contributed by atoms with E-state index in [1.165, 1.54) is 5.56 Å². The highest BCUT2D eigenvalue weighted by atomic mass is 16.2. The summed E-state index contributed by atoms with van der Waals surface area (Å²) in [5.41, 5.74) is 1.31. The molecule has 1 aromatic rings. The van der Waals surface area contributed by atoms with Crippen LogP contribution in [0, 0.1) is 0 Å². The van der Waals surface area contributed by atoms with Gasteiger partial charge in [-0.15, -0.1) is 0 Å². The van der Waals surface area contributed by atoms with Gasteiger partial charge in [0.1, 0.15) is 0 Å². The quantitative estimate of drug-likeness (QED) is 0.751. The van der Waals surface area contributed by atoms with Crippen LogP contribution in [0.15, 0.2) is 30.3 Å². The second kappa shape index (κ2) is 6.59. The van der Waals surface area contributed by atoms with Gasteiger partial charge in [-0.1, -0.05) is 30.3 Å². The second-order valence-electron chi connectivity index (χ2n) is 4.07. The number of benzene rings is 1. The molecule has 0 fully saturated rings. The molecular weight excluding hydrogens is 186 g/mol. The molecule has 0 heterocycles. The maximum atomic E-state index is 8.74. The highest BCUT2D eigenvalue weighted by Gasteiger charge is 2.08. The fraction of sp³-hybridized carbons (Fsp3) is 0.538. The Labute approximate surface area is 92.3 Å². The molecule has 2 nitrogen and oxygen atoms in total. The average molecular weight is 207 g/mol. The van der Waals surface area contributed by atoms with Gasteiger partial charge >= 0.3 is 0 Å². The van der Waals surface area contributed by atoms with Crippen molar-refractivity contribution in [2.45, 2.75) is 38.8 Å². The fourth-order valence-corrected chi connectivity index (χ4v) is 1.75. The molecule has 0 spiro atoms. The molecule has 0 saturated heterocycles. The van der Waals surface area contributed by atoms with Gasteiger partial charge in [0, 0.05) is 18.7 Å². The molecule has 2 N–H and O–H groups in total. The van der Waals surface area contributed by atoms with Gasteiger partial charge < -0.3 is 10.4 Å². The largest absolute Gasteiger partial charge is 0.396 e. The first-order chi connectivity index (χ1) is 7.24. The average Bonchev–Trinajstić information content (AvgIpc) is 2.27. The van der Waals surface area contributed by atoms with Crippen molar-refractivity contribution in [3.8, 4) is 0 Å². The van der Waals surface area contributed by atoms with E-state index in [9.17, 15) is 0 Å². The van der Waals surface area contributed by atoms with Crippen LogP contribution < -0.4 is 5.32 Å². The first kappa shape index (κ1) is 12.2. The number of hydrogen-bond donors (Lipinski definition) is 2. The lowest BCUT2D eigenvalue weighted by atomic mass is 10.1. The third kappa shape index (κ3) is 4.45. The van der Waals surface area contributed by atoms with Crippen molar-refractivity contribution in [2.24, 2.45) is 0 Å². The van der Waals surface area contributed by atoms with Crippen LogP contribution in [-0.2, 0) is 0 Å². The van der Waals surface area contributed by atoms with Gasteiger partial charge in [0.15, 0.2) is 0 Å². The van der Waals surface area contributed by atoms with Crippen LogP contribution >= 0.6 is 0 Å². The summed E-state index contributed by atoms with van der Waals surface area (Å²) in [6.45, 7) is 4.62. The second-order valence-corrected chi connectivity index (χ2v) is 4.07. The van der Waals surface area contributed by atoms with Crippen LogP contribution in [0.3, 0.4) is 0 Å². The van der Waals surface area contributed by atoms with E-state index in [0.29, 0.717) is 12.1 Å². The van der Waals surface area contributed by atoms with Crippen molar-refractivity contribution < 1.29 is 5.11 Å². The van der Waals surface area contributed by atoms with Gasteiger partial charge in [0.25, 0.3) is 0 Å². The van der Waals surface area contributed by atoms with Crippen LogP contribution in [0.5, 0.6) is 0 Å². The van der Waals surface area contributed by atoms with Crippen molar-refractivity contribution in [2.75, 3.05) is 6.61 Å². The lowest BCUT2D eigenvalue weighted by Gasteiger charge is -2.20. The summed E-state index contributed by atoms with van der Waals surface area (Å²) in [5, 5.41) is 12.3. The number of aliphatic hydroxyl groups is 1. The molecule has 0 amide bonds. The Morgan fingerprint density at radius 3 is 2.47 bits per heavy atom. The van der Waals surface area contributed by atoms with Gasteiger partial charge in [-0.2, -0.15) is 0 Å². The summed E-state index contributed by atoms with van der Waals surface area (Å²) in [6, 6.07) is 11.3. The van der Waals surface area contributed by atoms with Crippen LogP contribution in [0.4, 0.5) is 0 Å². The van der Waals surface area contributed by atoms with Crippen LogP contribution in [0.25, 0.3) is 0 Å². The van der Waals surface area contributed by atoms with Gasteiger partial charge in [0.05, 0.1) is 0 Å². The molecule has 1 unspecified atom stereocenters. The molecule has 1 aromatic carbocycles. The number of nitrogens with one attached hydrogen (secondary N) is 1. The Balaban J connectivity index is 2.38. The van der Waals surface area contributed by atoms with Gasteiger partial charge in [0.2, 0.25) is 0 Å². The minimum atomic E-state index is 0.283. The van der Waals surface area contributed by atoms with Crippen LogP contribution in [0.1, 0.15) is 38.3 Å². The SMILES string of the molecule is CC(CCCO)N[C@@H](C)c1ccccc1. The summed E-state index contributed by atoms with van der Waals surface area (Å²) >= 11 is 0. The molecule has 0 aliphatic rings. The molecule has 0 saturated carbocycles. The van der Waals surface area contributed by atoms with E-state index in [1.54, 1.807) is 0 Å². The Morgan fingerprint density at radius 2 is 1.87 bits per heavy atom. The lowest BCUT2D eigenvalue weighted by molar-refractivity contribution is 0.274.